The average Bonchev–Trinajstić information content (AvgIpc) is 3.66. The van der Waals surface area contributed by atoms with Crippen LogP contribution < -0.4 is 5.32 Å². The molecule has 0 aromatic heterocycles. The van der Waals surface area contributed by atoms with Gasteiger partial charge in [0.2, 0.25) is 0 Å². The smallest absolute Gasteiger partial charge is 0.338 e. The van der Waals surface area contributed by atoms with Crippen LogP contribution in [0.25, 0.3) is 5.57 Å². The van der Waals surface area contributed by atoms with E-state index in [1.807, 2.05) is 60.7 Å². The van der Waals surface area contributed by atoms with Crippen molar-refractivity contribution in [1.82, 2.24) is 0 Å². The summed E-state index contributed by atoms with van der Waals surface area (Å²) < 4.78 is 18.1. The molecule has 2 aromatic carbocycles. The van der Waals surface area contributed by atoms with Crippen LogP contribution in [-0.4, -0.2) is 43.2 Å². The highest BCUT2D eigenvalue weighted by atomic mass is 16.6. The number of rotatable bonds is 5. The van der Waals surface area contributed by atoms with Gasteiger partial charge in [-0.15, -0.1) is 0 Å². The van der Waals surface area contributed by atoms with Gasteiger partial charge in [0.1, 0.15) is 17.8 Å². The summed E-state index contributed by atoms with van der Waals surface area (Å²) in [5.41, 5.74) is 2.79. The molecular weight excluding hydrogens is 470 g/mol. The molecule has 2 saturated heterocycles. The Morgan fingerprint density at radius 1 is 0.973 bits per heavy atom. The number of benzene rings is 2. The maximum absolute atomic E-state index is 13.9. The number of hydrogen-bond acceptors (Lipinski definition) is 6. The van der Waals surface area contributed by atoms with Gasteiger partial charge in [0, 0.05) is 24.7 Å². The molecule has 0 spiro atoms. The number of allylic oxidation sites excluding steroid dienone is 1. The first-order chi connectivity index (χ1) is 18.1. The topological polar surface area (TPSA) is 95.5 Å². The van der Waals surface area contributed by atoms with Crippen LogP contribution >= 0.6 is 0 Å². The first-order valence-electron chi connectivity index (χ1n) is 13.4. The van der Waals surface area contributed by atoms with Gasteiger partial charge in [-0.3, -0.25) is 9.59 Å². The predicted molar refractivity (Wildman–Crippen MR) is 132 cm³/mol. The summed E-state index contributed by atoms with van der Waals surface area (Å²) in [5, 5.41) is 2.23. The number of fused-ring (bicyclic) bond motifs is 2. The Balaban J connectivity index is 1.15. The molecule has 37 heavy (non-hydrogen) atoms. The Hall–Kier alpha value is -3.45. The van der Waals surface area contributed by atoms with Crippen molar-refractivity contribution >= 4 is 23.5 Å². The lowest BCUT2D eigenvalue weighted by molar-refractivity contribution is -0.668. The van der Waals surface area contributed by atoms with E-state index in [1.54, 1.807) is 0 Å². The van der Waals surface area contributed by atoms with Crippen molar-refractivity contribution in [1.29, 1.82) is 0 Å². The molecular formula is C30H30NO6+. The van der Waals surface area contributed by atoms with E-state index in [4.69, 9.17) is 14.2 Å². The number of carbonyl (C=O) groups excluding carboxylic acids is 3. The van der Waals surface area contributed by atoms with E-state index in [0.29, 0.717) is 31.3 Å². The number of ether oxygens (including phenoxy) is 3. The standard InChI is InChI=1S/C30H29NO6/c32-27(20-11-10-17-6-4-5-9-19(17)20)35-25-22-16-21-23(28(33)36-26(21)25)24(22)29(34)37-30(12-14-31-15-13-30)18-7-2-1-3-8-18/h1-9,11,21-26,31H,10,12-16H2/p+1. The molecule has 2 aromatic rings. The maximum atomic E-state index is 13.9. The summed E-state index contributed by atoms with van der Waals surface area (Å²) >= 11 is 0. The number of hydrogen-bond donors (Lipinski definition) is 1. The second-order valence-corrected chi connectivity index (χ2v) is 11.0. The van der Waals surface area contributed by atoms with Crippen LogP contribution in [0, 0.1) is 23.7 Å². The highest BCUT2D eigenvalue weighted by molar-refractivity contribution is 6.18. The van der Waals surface area contributed by atoms with Gasteiger partial charge in [-0.1, -0.05) is 60.7 Å². The van der Waals surface area contributed by atoms with Crippen molar-refractivity contribution in [2.75, 3.05) is 13.1 Å². The highest BCUT2D eigenvalue weighted by Crippen LogP contribution is 2.59. The lowest BCUT2D eigenvalue weighted by Gasteiger charge is -2.38. The summed E-state index contributed by atoms with van der Waals surface area (Å²) in [4.78, 5) is 40.1. The molecule has 2 N–H and O–H groups in total. The van der Waals surface area contributed by atoms with Gasteiger partial charge in [0.05, 0.1) is 30.5 Å². The molecule has 2 aliphatic heterocycles. The largest absolute Gasteiger partial charge is 0.458 e. The zero-order chi connectivity index (χ0) is 25.1. The predicted octanol–water partition coefficient (Wildman–Crippen LogP) is 2.14. The van der Waals surface area contributed by atoms with Gasteiger partial charge in [0.15, 0.2) is 0 Å². The molecule has 190 valence electrons. The Labute approximate surface area is 215 Å². The number of nitrogens with two attached hydrogens (primary N) is 1. The number of esters is 3. The van der Waals surface area contributed by atoms with E-state index in [0.717, 1.165) is 29.8 Å². The monoisotopic (exact) mass is 500 g/mol. The zero-order valence-corrected chi connectivity index (χ0v) is 20.5. The molecule has 7 heteroatoms. The molecule has 2 bridgehead atoms. The first kappa shape index (κ1) is 22.7. The van der Waals surface area contributed by atoms with Crippen molar-refractivity contribution < 1.29 is 33.9 Å². The van der Waals surface area contributed by atoms with Gasteiger partial charge < -0.3 is 19.5 Å². The molecule has 7 nitrogen and oxygen atoms in total. The molecule has 5 aliphatic rings. The van der Waals surface area contributed by atoms with Gasteiger partial charge >= 0.3 is 17.9 Å². The third kappa shape index (κ3) is 3.47. The van der Waals surface area contributed by atoms with Gasteiger partial charge in [0.25, 0.3) is 0 Å². The lowest BCUT2D eigenvalue weighted by atomic mass is 9.78. The summed E-state index contributed by atoms with van der Waals surface area (Å²) in [6, 6.07) is 17.7. The Kier molecular flexibility index (Phi) is 5.25. The van der Waals surface area contributed by atoms with Gasteiger partial charge in [-0.25, -0.2) is 4.79 Å². The van der Waals surface area contributed by atoms with Crippen LogP contribution in [0.15, 0.2) is 60.7 Å². The SMILES string of the molecule is O=C(OC1C2CC3C1OC(=O)C3C2C(=O)OC1(c2ccccc2)CC[NH2+]CC1)C1=CCc2ccccc21. The van der Waals surface area contributed by atoms with Crippen molar-refractivity contribution in [3.05, 3.63) is 77.4 Å². The number of carbonyl (C=O) groups is 3. The lowest BCUT2D eigenvalue weighted by Crippen LogP contribution is -2.87. The molecule has 6 atom stereocenters. The Morgan fingerprint density at radius 3 is 2.54 bits per heavy atom. The third-order valence-corrected chi connectivity index (χ3v) is 9.22. The van der Waals surface area contributed by atoms with Crippen LogP contribution in [0.1, 0.15) is 36.0 Å². The van der Waals surface area contributed by atoms with Crippen molar-refractivity contribution in [3.8, 4) is 0 Å². The summed E-state index contributed by atoms with van der Waals surface area (Å²) in [5.74, 6) is -2.75. The summed E-state index contributed by atoms with van der Waals surface area (Å²) in [6.45, 7) is 1.73. The minimum Gasteiger partial charge on any atom is -0.458 e. The Morgan fingerprint density at radius 2 is 1.73 bits per heavy atom. The fraction of sp³-hybridized carbons (Fsp3) is 0.433. The fourth-order valence-corrected chi connectivity index (χ4v) is 7.52. The van der Waals surface area contributed by atoms with Crippen LogP contribution in [0.4, 0.5) is 0 Å². The number of piperidine rings is 1. The quantitative estimate of drug-likeness (QED) is 0.499. The highest BCUT2D eigenvalue weighted by Gasteiger charge is 2.70. The summed E-state index contributed by atoms with van der Waals surface area (Å²) in [7, 11) is 0. The fourth-order valence-electron chi connectivity index (χ4n) is 7.52. The molecule has 2 saturated carbocycles. The van der Waals surface area contributed by atoms with Gasteiger partial charge in [-0.2, -0.15) is 0 Å². The minimum atomic E-state index is -0.707. The maximum Gasteiger partial charge on any atom is 0.338 e. The molecule has 6 unspecified atom stereocenters. The van der Waals surface area contributed by atoms with Crippen LogP contribution in [-0.2, 0) is 40.6 Å². The molecule has 2 heterocycles. The third-order valence-electron chi connectivity index (χ3n) is 9.22. The van der Waals surface area contributed by atoms with E-state index in [2.05, 4.69) is 5.32 Å². The van der Waals surface area contributed by atoms with E-state index in [1.165, 1.54) is 0 Å². The first-order valence-corrected chi connectivity index (χ1v) is 13.4. The van der Waals surface area contributed by atoms with Crippen molar-refractivity contribution in [2.45, 2.75) is 43.5 Å². The molecule has 4 fully saturated rings. The van der Waals surface area contributed by atoms with Crippen molar-refractivity contribution in [2.24, 2.45) is 23.7 Å². The second-order valence-electron chi connectivity index (χ2n) is 11.0. The minimum absolute atomic E-state index is 0.120. The normalized spacial score (nSPS) is 32.4. The van der Waals surface area contributed by atoms with E-state index >= 15 is 0 Å². The summed E-state index contributed by atoms with van der Waals surface area (Å²) in [6.07, 6.45) is 3.50. The van der Waals surface area contributed by atoms with Gasteiger partial charge in [-0.05, 0) is 29.5 Å². The van der Waals surface area contributed by atoms with E-state index in [9.17, 15) is 14.4 Å². The Bertz CT molecular complexity index is 1300. The zero-order valence-electron chi connectivity index (χ0n) is 20.5. The van der Waals surface area contributed by atoms with Crippen LogP contribution in [0.5, 0.6) is 0 Å². The van der Waals surface area contributed by atoms with Crippen LogP contribution in [0.3, 0.4) is 0 Å². The molecule has 3 aliphatic carbocycles. The average molecular weight is 501 g/mol. The molecule has 0 radical (unpaired) electrons. The molecule has 0 amide bonds. The van der Waals surface area contributed by atoms with E-state index < -0.39 is 35.6 Å². The van der Waals surface area contributed by atoms with Crippen LogP contribution in [0.2, 0.25) is 0 Å². The second kappa shape index (κ2) is 8.55. The number of quaternary nitrogens is 1. The van der Waals surface area contributed by atoms with E-state index in [-0.39, 0.29) is 23.8 Å². The molecule has 7 rings (SSSR count). The van der Waals surface area contributed by atoms with Crippen molar-refractivity contribution in [3.63, 3.8) is 0 Å².